The van der Waals surface area contributed by atoms with Gasteiger partial charge in [0.2, 0.25) is 0 Å². The molecule has 9 heteroatoms. The van der Waals surface area contributed by atoms with E-state index in [0.717, 1.165) is 30.6 Å². The molecule has 0 saturated heterocycles. The minimum absolute atomic E-state index is 0.0370. The van der Waals surface area contributed by atoms with Gasteiger partial charge < -0.3 is 14.5 Å². The standard InChI is InChI=1S/C22H26N2O6S/c1-4-29-22(28)17-10(2)15-19(26)23-18(24-20(15)31-17)11(3)30-21(27)14-8-12-6-5-7-13(9-14)16(12)25/h11-14H,4-9H2,1-3H3,(H,23,24,26)/t11-,12+,13+/m1/s1. The molecule has 8 nitrogen and oxygen atoms in total. The molecule has 166 valence electrons. The van der Waals surface area contributed by atoms with E-state index in [-0.39, 0.29) is 41.7 Å². The van der Waals surface area contributed by atoms with Crippen molar-refractivity contribution in [3.8, 4) is 0 Å². The number of thiophene rings is 1. The summed E-state index contributed by atoms with van der Waals surface area (Å²) in [5.41, 5.74) is 0.145. The Morgan fingerprint density at radius 1 is 1.23 bits per heavy atom. The summed E-state index contributed by atoms with van der Waals surface area (Å²) in [7, 11) is 0. The number of aryl methyl sites for hydroxylation is 1. The van der Waals surface area contributed by atoms with Crippen LogP contribution in [0.5, 0.6) is 0 Å². The van der Waals surface area contributed by atoms with Gasteiger partial charge in [0.25, 0.3) is 5.56 Å². The van der Waals surface area contributed by atoms with Crippen LogP contribution in [0.15, 0.2) is 4.79 Å². The van der Waals surface area contributed by atoms with E-state index in [1.54, 1.807) is 20.8 Å². The van der Waals surface area contributed by atoms with Gasteiger partial charge in [-0.2, -0.15) is 0 Å². The second-order valence-corrected chi connectivity index (χ2v) is 9.38. The highest BCUT2D eigenvalue weighted by molar-refractivity contribution is 7.20. The van der Waals surface area contributed by atoms with Crippen molar-refractivity contribution in [3.63, 3.8) is 0 Å². The van der Waals surface area contributed by atoms with Crippen molar-refractivity contribution >= 4 is 39.3 Å². The number of carbonyl (C=O) groups excluding carboxylic acids is 3. The molecule has 31 heavy (non-hydrogen) atoms. The Kier molecular flexibility index (Phi) is 5.96. The van der Waals surface area contributed by atoms with E-state index in [9.17, 15) is 19.2 Å². The third-order valence-corrected chi connectivity index (χ3v) is 7.50. The molecule has 4 rings (SSSR count). The molecule has 0 radical (unpaired) electrons. The van der Waals surface area contributed by atoms with Crippen LogP contribution in [0.3, 0.4) is 0 Å². The minimum atomic E-state index is -0.754. The number of ketones is 1. The Morgan fingerprint density at radius 3 is 2.55 bits per heavy atom. The number of esters is 2. The zero-order chi connectivity index (χ0) is 22.3. The largest absolute Gasteiger partial charge is 0.462 e. The van der Waals surface area contributed by atoms with Crippen molar-refractivity contribution in [2.24, 2.45) is 17.8 Å². The van der Waals surface area contributed by atoms with Gasteiger partial charge in [-0.3, -0.25) is 14.4 Å². The van der Waals surface area contributed by atoms with Gasteiger partial charge in [-0.1, -0.05) is 6.42 Å². The zero-order valence-electron chi connectivity index (χ0n) is 17.9. The second kappa shape index (κ2) is 8.53. The Hall–Kier alpha value is -2.55. The van der Waals surface area contributed by atoms with Crippen LogP contribution in [-0.2, 0) is 19.1 Å². The van der Waals surface area contributed by atoms with E-state index < -0.39 is 12.1 Å². The van der Waals surface area contributed by atoms with Crippen molar-refractivity contribution in [1.29, 1.82) is 0 Å². The molecular formula is C22H26N2O6S. The normalized spacial score (nSPS) is 24.1. The molecule has 0 unspecified atom stereocenters. The first kappa shape index (κ1) is 21.7. The third kappa shape index (κ3) is 4.03. The van der Waals surface area contributed by atoms with Crippen LogP contribution in [0.2, 0.25) is 0 Å². The van der Waals surface area contributed by atoms with Crippen molar-refractivity contribution < 1.29 is 23.9 Å². The number of aromatic nitrogens is 2. The van der Waals surface area contributed by atoms with Gasteiger partial charge in [-0.15, -0.1) is 11.3 Å². The van der Waals surface area contributed by atoms with Crippen LogP contribution in [0.25, 0.3) is 10.2 Å². The maximum absolute atomic E-state index is 12.8. The van der Waals surface area contributed by atoms with Gasteiger partial charge in [0.15, 0.2) is 11.9 Å². The number of nitrogens with zero attached hydrogens (tertiary/aromatic N) is 1. The fraction of sp³-hybridized carbons (Fsp3) is 0.591. The summed E-state index contributed by atoms with van der Waals surface area (Å²) in [6.45, 7) is 5.30. The number of aromatic amines is 1. The smallest absolute Gasteiger partial charge is 0.348 e. The molecular weight excluding hydrogens is 420 g/mol. The van der Waals surface area contributed by atoms with Gasteiger partial charge >= 0.3 is 11.9 Å². The number of carbonyl (C=O) groups is 3. The number of fused-ring (bicyclic) bond motifs is 3. The summed E-state index contributed by atoms with van der Waals surface area (Å²) in [4.78, 5) is 57.7. The van der Waals surface area contributed by atoms with E-state index in [2.05, 4.69) is 9.97 Å². The van der Waals surface area contributed by atoms with Crippen LogP contribution in [0, 0.1) is 24.7 Å². The molecule has 2 saturated carbocycles. The summed E-state index contributed by atoms with van der Waals surface area (Å²) in [6, 6.07) is 0. The molecule has 2 aliphatic carbocycles. The van der Waals surface area contributed by atoms with E-state index >= 15 is 0 Å². The molecule has 3 atom stereocenters. The Bertz CT molecular complexity index is 1090. The van der Waals surface area contributed by atoms with Crippen LogP contribution < -0.4 is 5.56 Å². The summed E-state index contributed by atoms with van der Waals surface area (Å²) in [5.74, 6) is -0.685. The molecule has 2 heterocycles. The first-order valence-electron chi connectivity index (χ1n) is 10.7. The molecule has 0 amide bonds. The van der Waals surface area contributed by atoms with Crippen molar-refractivity contribution in [2.45, 2.75) is 59.0 Å². The zero-order valence-corrected chi connectivity index (χ0v) is 18.7. The molecule has 2 aliphatic rings. The van der Waals surface area contributed by atoms with Crippen molar-refractivity contribution in [1.82, 2.24) is 9.97 Å². The molecule has 2 aromatic rings. The van der Waals surface area contributed by atoms with Crippen LogP contribution in [-0.4, -0.2) is 34.3 Å². The van der Waals surface area contributed by atoms with Crippen LogP contribution >= 0.6 is 11.3 Å². The Balaban J connectivity index is 1.53. The quantitative estimate of drug-likeness (QED) is 0.699. The predicted molar refractivity (Wildman–Crippen MR) is 114 cm³/mol. The third-order valence-electron chi connectivity index (χ3n) is 6.34. The molecule has 2 fully saturated rings. The average molecular weight is 447 g/mol. The summed E-state index contributed by atoms with van der Waals surface area (Å²) >= 11 is 1.09. The van der Waals surface area contributed by atoms with Gasteiger partial charge in [0.1, 0.15) is 15.5 Å². The monoisotopic (exact) mass is 446 g/mol. The number of ether oxygens (including phenoxy) is 2. The summed E-state index contributed by atoms with van der Waals surface area (Å²) in [6.07, 6.45) is 3.06. The van der Waals surface area contributed by atoms with Gasteiger partial charge in [-0.05, 0) is 52.0 Å². The highest BCUT2D eigenvalue weighted by Crippen LogP contribution is 2.41. The van der Waals surface area contributed by atoms with Gasteiger partial charge in [0, 0.05) is 11.8 Å². The SMILES string of the molecule is CCOC(=O)c1sc2nc([C@@H](C)OC(=O)C3C[C@@H]4CCC[C@@H](C3)C4=O)[nH]c(=O)c2c1C. The minimum Gasteiger partial charge on any atom is -0.462 e. The maximum atomic E-state index is 12.8. The van der Waals surface area contributed by atoms with E-state index in [1.807, 2.05) is 0 Å². The predicted octanol–water partition coefficient (Wildman–Crippen LogP) is 3.47. The number of hydrogen-bond donors (Lipinski definition) is 1. The van der Waals surface area contributed by atoms with Crippen LogP contribution in [0.4, 0.5) is 0 Å². The molecule has 2 aromatic heterocycles. The second-order valence-electron chi connectivity index (χ2n) is 8.38. The fourth-order valence-corrected chi connectivity index (χ4v) is 5.83. The molecule has 1 N–H and O–H groups in total. The highest BCUT2D eigenvalue weighted by Gasteiger charge is 2.42. The summed E-state index contributed by atoms with van der Waals surface area (Å²) < 4.78 is 10.7. The molecule has 0 spiro atoms. The first-order chi connectivity index (χ1) is 14.8. The lowest BCUT2D eigenvalue weighted by molar-refractivity contribution is -0.158. The molecule has 0 aromatic carbocycles. The fourth-order valence-electron chi connectivity index (χ4n) is 4.74. The lowest BCUT2D eigenvalue weighted by Gasteiger charge is -2.36. The van der Waals surface area contributed by atoms with E-state index in [0.29, 0.717) is 39.3 Å². The van der Waals surface area contributed by atoms with Crippen LogP contribution in [0.1, 0.15) is 73.1 Å². The molecule has 0 aliphatic heterocycles. The van der Waals surface area contributed by atoms with Crippen molar-refractivity contribution in [2.75, 3.05) is 6.61 Å². The lowest BCUT2D eigenvalue weighted by Crippen LogP contribution is -2.39. The average Bonchev–Trinajstić information content (AvgIpc) is 3.05. The maximum Gasteiger partial charge on any atom is 0.348 e. The van der Waals surface area contributed by atoms with E-state index in [1.165, 1.54) is 0 Å². The molecule has 2 bridgehead atoms. The number of H-pyrrole nitrogens is 1. The number of nitrogens with one attached hydrogen (secondary N) is 1. The Labute approximate surface area is 183 Å². The number of hydrogen-bond acceptors (Lipinski definition) is 8. The first-order valence-corrected chi connectivity index (χ1v) is 11.6. The number of rotatable bonds is 5. The highest BCUT2D eigenvalue weighted by atomic mass is 32.1. The van der Waals surface area contributed by atoms with Gasteiger partial charge in [-0.25, -0.2) is 9.78 Å². The Morgan fingerprint density at radius 2 is 1.90 bits per heavy atom. The topological polar surface area (TPSA) is 115 Å². The van der Waals surface area contributed by atoms with E-state index in [4.69, 9.17) is 9.47 Å². The van der Waals surface area contributed by atoms with Crippen molar-refractivity contribution in [3.05, 3.63) is 26.6 Å². The summed E-state index contributed by atoms with van der Waals surface area (Å²) in [5, 5.41) is 0.342. The lowest BCUT2D eigenvalue weighted by atomic mass is 9.67. The van der Waals surface area contributed by atoms with Gasteiger partial charge in [0.05, 0.1) is 17.9 Å². The number of Topliss-reactive ketones (excluding diaryl/α,β-unsaturated/α-hetero) is 1.